The third-order valence-corrected chi connectivity index (χ3v) is 2.16. The Hall–Kier alpha value is -2.10. The summed E-state index contributed by atoms with van der Waals surface area (Å²) in [6.45, 7) is 8.14. The minimum absolute atomic E-state index is 0.331. The SMILES string of the molecule is C=C[C](C)c1cc(OC(C)=O)cc(OC(C)=O)c1. The van der Waals surface area contributed by atoms with E-state index in [-0.39, 0.29) is 0 Å². The number of carbonyl (C=O) groups excluding carboxylic acids is 2. The lowest BCUT2D eigenvalue weighted by Gasteiger charge is -2.11. The summed E-state index contributed by atoms with van der Waals surface area (Å²) in [6, 6.07) is 4.86. The van der Waals surface area contributed by atoms with Gasteiger partial charge in [0.25, 0.3) is 0 Å². The normalized spacial score (nSPS) is 10.0. The first-order valence-corrected chi connectivity index (χ1v) is 5.40. The van der Waals surface area contributed by atoms with E-state index < -0.39 is 11.9 Å². The Kier molecular flexibility index (Phi) is 4.66. The molecule has 0 saturated heterocycles. The van der Waals surface area contributed by atoms with E-state index in [1.165, 1.54) is 19.9 Å². The first-order chi connectivity index (χ1) is 8.42. The number of hydrogen-bond acceptors (Lipinski definition) is 4. The second kappa shape index (κ2) is 6.00. The molecule has 4 nitrogen and oxygen atoms in total. The van der Waals surface area contributed by atoms with Crippen LogP contribution in [0.2, 0.25) is 0 Å². The minimum atomic E-state index is -0.433. The second-order valence-electron chi connectivity index (χ2n) is 3.77. The summed E-state index contributed by atoms with van der Waals surface area (Å²) in [5.74, 6) is 0.682. The molecule has 1 aromatic carbocycles. The van der Waals surface area contributed by atoms with Crippen molar-refractivity contribution < 1.29 is 19.1 Å². The van der Waals surface area contributed by atoms with Crippen molar-refractivity contribution in [3.63, 3.8) is 0 Å². The number of carbonyl (C=O) groups is 2. The van der Waals surface area contributed by atoms with Gasteiger partial charge in [0.1, 0.15) is 11.5 Å². The number of allylic oxidation sites excluding steroid dienone is 1. The lowest BCUT2D eigenvalue weighted by molar-refractivity contribution is -0.132. The van der Waals surface area contributed by atoms with Crippen molar-refractivity contribution in [1.29, 1.82) is 0 Å². The van der Waals surface area contributed by atoms with Gasteiger partial charge in [0.2, 0.25) is 0 Å². The summed E-state index contributed by atoms with van der Waals surface area (Å²) in [4.78, 5) is 21.9. The summed E-state index contributed by atoms with van der Waals surface area (Å²) >= 11 is 0. The maximum atomic E-state index is 10.9. The average Bonchev–Trinajstić information content (AvgIpc) is 2.25. The summed E-state index contributed by atoms with van der Waals surface area (Å²) < 4.78 is 9.99. The van der Waals surface area contributed by atoms with Gasteiger partial charge in [-0.15, -0.1) is 6.58 Å². The molecule has 4 heteroatoms. The van der Waals surface area contributed by atoms with E-state index in [1.807, 2.05) is 6.92 Å². The first-order valence-electron chi connectivity index (χ1n) is 5.40. The fourth-order valence-corrected chi connectivity index (χ4v) is 1.37. The quantitative estimate of drug-likeness (QED) is 0.606. The van der Waals surface area contributed by atoms with Gasteiger partial charge in [0, 0.05) is 25.8 Å². The second-order valence-corrected chi connectivity index (χ2v) is 3.77. The van der Waals surface area contributed by atoms with Crippen molar-refractivity contribution in [2.45, 2.75) is 20.8 Å². The zero-order valence-corrected chi connectivity index (χ0v) is 10.6. The molecular weight excluding hydrogens is 232 g/mol. The van der Waals surface area contributed by atoms with Gasteiger partial charge in [0.15, 0.2) is 0 Å². The lowest BCUT2D eigenvalue weighted by Crippen LogP contribution is -2.05. The van der Waals surface area contributed by atoms with Crippen LogP contribution in [0.25, 0.3) is 0 Å². The maximum absolute atomic E-state index is 10.9. The highest BCUT2D eigenvalue weighted by Gasteiger charge is 2.10. The standard InChI is InChI=1S/C14H15O4/c1-5-9(2)12-6-13(17-10(3)15)8-14(7-12)18-11(4)16/h5-8H,1H2,2-4H3. The molecule has 0 heterocycles. The largest absolute Gasteiger partial charge is 0.427 e. The van der Waals surface area contributed by atoms with Crippen molar-refractivity contribution in [1.82, 2.24) is 0 Å². The third kappa shape index (κ3) is 4.05. The molecule has 0 aliphatic carbocycles. The molecule has 1 rings (SSSR count). The van der Waals surface area contributed by atoms with Gasteiger partial charge in [-0.1, -0.05) is 13.0 Å². The van der Waals surface area contributed by atoms with E-state index in [0.717, 1.165) is 11.5 Å². The van der Waals surface area contributed by atoms with Crippen LogP contribution in [0.4, 0.5) is 0 Å². The number of esters is 2. The van der Waals surface area contributed by atoms with Gasteiger partial charge in [-0.05, 0) is 17.7 Å². The van der Waals surface area contributed by atoms with Crippen LogP contribution in [-0.2, 0) is 9.59 Å². The van der Waals surface area contributed by atoms with Gasteiger partial charge >= 0.3 is 11.9 Å². The number of benzene rings is 1. The lowest BCUT2D eigenvalue weighted by atomic mass is 10.0. The van der Waals surface area contributed by atoms with Crippen LogP contribution >= 0.6 is 0 Å². The van der Waals surface area contributed by atoms with Gasteiger partial charge in [-0.3, -0.25) is 9.59 Å². The molecule has 0 spiro atoms. The first kappa shape index (κ1) is 14.0. The average molecular weight is 247 g/mol. The Balaban J connectivity index is 3.14. The van der Waals surface area contributed by atoms with Crippen LogP contribution in [0.1, 0.15) is 26.3 Å². The Morgan fingerprint density at radius 1 is 1.00 bits per heavy atom. The molecule has 0 saturated carbocycles. The zero-order valence-electron chi connectivity index (χ0n) is 10.6. The summed E-state index contributed by atoms with van der Waals surface area (Å²) in [5, 5.41) is 0. The van der Waals surface area contributed by atoms with Crippen molar-refractivity contribution in [2.75, 3.05) is 0 Å². The molecule has 0 atom stereocenters. The maximum Gasteiger partial charge on any atom is 0.308 e. The highest BCUT2D eigenvalue weighted by Crippen LogP contribution is 2.28. The fourth-order valence-electron chi connectivity index (χ4n) is 1.37. The molecule has 0 aliphatic heterocycles. The molecule has 0 aromatic heterocycles. The number of ether oxygens (including phenoxy) is 2. The predicted octanol–water partition coefficient (Wildman–Crippen LogP) is 2.67. The van der Waals surface area contributed by atoms with Crippen LogP contribution in [-0.4, -0.2) is 11.9 Å². The van der Waals surface area contributed by atoms with Crippen LogP contribution in [0.15, 0.2) is 30.9 Å². The molecule has 95 valence electrons. The Labute approximate surface area is 106 Å². The van der Waals surface area contributed by atoms with Crippen LogP contribution in [0, 0.1) is 5.92 Å². The van der Waals surface area contributed by atoms with Gasteiger partial charge in [-0.2, -0.15) is 0 Å². The van der Waals surface area contributed by atoms with Crippen LogP contribution in [0.5, 0.6) is 11.5 Å². The van der Waals surface area contributed by atoms with Crippen LogP contribution < -0.4 is 9.47 Å². The summed E-state index contributed by atoms with van der Waals surface area (Å²) in [7, 11) is 0. The van der Waals surface area contributed by atoms with E-state index in [0.29, 0.717) is 11.5 Å². The Morgan fingerprint density at radius 2 is 1.44 bits per heavy atom. The Morgan fingerprint density at radius 3 is 1.78 bits per heavy atom. The molecule has 0 fully saturated rings. The third-order valence-electron chi connectivity index (χ3n) is 2.16. The Bertz CT molecular complexity index is 442. The van der Waals surface area contributed by atoms with E-state index in [1.54, 1.807) is 18.2 Å². The van der Waals surface area contributed by atoms with E-state index in [4.69, 9.17) is 9.47 Å². The van der Waals surface area contributed by atoms with Crippen molar-refractivity contribution in [2.24, 2.45) is 0 Å². The van der Waals surface area contributed by atoms with E-state index >= 15 is 0 Å². The number of rotatable bonds is 4. The number of hydrogen-bond donors (Lipinski definition) is 0. The van der Waals surface area contributed by atoms with Crippen molar-refractivity contribution in [3.05, 3.63) is 42.3 Å². The molecule has 0 bridgehead atoms. The topological polar surface area (TPSA) is 52.6 Å². The molecule has 0 amide bonds. The van der Waals surface area contributed by atoms with Crippen molar-refractivity contribution in [3.8, 4) is 11.5 Å². The molecule has 1 radical (unpaired) electrons. The smallest absolute Gasteiger partial charge is 0.308 e. The highest BCUT2D eigenvalue weighted by atomic mass is 16.5. The van der Waals surface area contributed by atoms with Crippen LogP contribution in [0.3, 0.4) is 0 Å². The predicted molar refractivity (Wildman–Crippen MR) is 67.3 cm³/mol. The molecule has 18 heavy (non-hydrogen) atoms. The van der Waals surface area contributed by atoms with Crippen molar-refractivity contribution >= 4 is 11.9 Å². The molecule has 0 aliphatic rings. The summed E-state index contributed by atoms with van der Waals surface area (Å²) in [6.07, 6.45) is 1.67. The van der Waals surface area contributed by atoms with Gasteiger partial charge in [0.05, 0.1) is 0 Å². The monoisotopic (exact) mass is 247 g/mol. The zero-order chi connectivity index (χ0) is 13.7. The molecule has 1 aromatic rings. The highest BCUT2D eigenvalue weighted by molar-refractivity contribution is 5.71. The molecule has 0 N–H and O–H groups in total. The fraction of sp³-hybridized carbons (Fsp3) is 0.214. The van der Waals surface area contributed by atoms with E-state index in [2.05, 4.69) is 6.58 Å². The minimum Gasteiger partial charge on any atom is -0.427 e. The summed E-state index contributed by atoms with van der Waals surface area (Å²) in [5.41, 5.74) is 0.778. The van der Waals surface area contributed by atoms with Gasteiger partial charge < -0.3 is 9.47 Å². The molecule has 0 unspecified atom stereocenters. The molecular formula is C14H15O4. The van der Waals surface area contributed by atoms with Gasteiger partial charge in [-0.25, -0.2) is 0 Å². The van der Waals surface area contributed by atoms with E-state index in [9.17, 15) is 9.59 Å².